The minimum absolute atomic E-state index is 0.0999. The Hall–Kier alpha value is -0.820. The molecule has 1 aliphatic carbocycles. The van der Waals surface area contributed by atoms with Gasteiger partial charge in [-0.3, -0.25) is 5.73 Å². The number of esters is 1. The van der Waals surface area contributed by atoms with Crippen LogP contribution in [0.5, 0.6) is 0 Å². The van der Waals surface area contributed by atoms with Crippen molar-refractivity contribution in [3.8, 4) is 0 Å². The molecule has 7 heteroatoms. The highest BCUT2D eigenvalue weighted by atomic mass is 19.4. The first-order valence-corrected chi connectivity index (χ1v) is 4.97. The van der Waals surface area contributed by atoms with Crippen molar-refractivity contribution in [3.63, 3.8) is 0 Å². The van der Waals surface area contributed by atoms with Gasteiger partial charge >= 0.3 is 12.1 Å². The Morgan fingerprint density at radius 2 is 2.19 bits per heavy atom. The minimum atomic E-state index is -5.00. The van der Waals surface area contributed by atoms with Gasteiger partial charge in [0.25, 0.3) is 0 Å². The smallest absolute Gasteiger partial charge is 0.437 e. The van der Waals surface area contributed by atoms with Gasteiger partial charge in [0.1, 0.15) is 0 Å². The average Bonchev–Trinajstić information content (AvgIpc) is 2.46. The molecule has 0 aliphatic heterocycles. The number of ether oxygens (including phenoxy) is 2. The Labute approximate surface area is 90.9 Å². The minimum Gasteiger partial charge on any atom is -0.437 e. The van der Waals surface area contributed by atoms with Gasteiger partial charge in [-0.1, -0.05) is 0 Å². The Bertz CT molecular complexity index is 269. The largest absolute Gasteiger partial charge is 0.490 e. The number of hydrogen-bond acceptors (Lipinski definition) is 4. The summed E-state index contributed by atoms with van der Waals surface area (Å²) in [5.74, 6) is -2.24. The van der Waals surface area contributed by atoms with E-state index >= 15 is 0 Å². The zero-order valence-corrected chi connectivity index (χ0v) is 8.84. The van der Waals surface area contributed by atoms with Crippen LogP contribution >= 0.6 is 0 Å². The fraction of sp³-hybridized carbons (Fsp3) is 0.889. The maximum absolute atomic E-state index is 12.0. The molecule has 0 aromatic carbocycles. The molecule has 0 bridgehead atoms. The average molecular weight is 241 g/mol. The lowest BCUT2D eigenvalue weighted by molar-refractivity contribution is -0.213. The van der Waals surface area contributed by atoms with Crippen molar-refractivity contribution in [2.24, 2.45) is 5.73 Å². The second-order valence-electron chi connectivity index (χ2n) is 3.77. The van der Waals surface area contributed by atoms with E-state index in [9.17, 15) is 18.0 Å². The first-order valence-electron chi connectivity index (χ1n) is 4.97. The Morgan fingerprint density at radius 3 is 2.69 bits per heavy atom. The quantitative estimate of drug-likeness (QED) is 0.598. The first-order chi connectivity index (χ1) is 7.27. The normalized spacial score (nSPS) is 30.4. The van der Waals surface area contributed by atoms with E-state index in [1.807, 2.05) is 0 Å². The van der Waals surface area contributed by atoms with Crippen LogP contribution in [0.1, 0.15) is 26.2 Å². The molecule has 1 aliphatic rings. The summed E-state index contributed by atoms with van der Waals surface area (Å²) in [4.78, 5) is 10.6. The van der Waals surface area contributed by atoms with Crippen LogP contribution in [0, 0.1) is 0 Å². The van der Waals surface area contributed by atoms with Gasteiger partial charge in [-0.05, 0) is 13.3 Å². The van der Waals surface area contributed by atoms with Gasteiger partial charge in [-0.25, -0.2) is 4.79 Å². The maximum atomic E-state index is 12.0. The van der Waals surface area contributed by atoms with Gasteiger partial charge in [0.15, 0.2) is 5.72 Å². The molecule has 0 unspecified atom stereocenters. The summed E-state index contributed by atoms with van der Waals surface area (Å²) in [7, 11) is 0. The molecule has 2 N–H and O–H groups in total. The van der Waals surface area contributed by atoms with Crippen molar-refractivity contribution in [1.29, 1.82) is 0 Å². The molecule has 1 fully saturated rings. The number of carbonyl (C=O) groups excluding carboxylic acids is 1. The Morgan fingerprint density at radius 1 is 1.56 bits per heavy atom. The summed E-state index contributed by atoms with van der Waals surface area (Å²) in [6.07, 6.45) is -4.47. The lowest BCUT2D eigenvalue weighted by Crippen LogP contribution is -2.45. The van der Waals surface area contributed by atoms with Crippen LogP contribution in [0.4, 0.5) is 13.2 Å². The van der Waals surface area contributed by atoms with Crippen LogP contribution in [-0.2, 0) is 14.3 Å². The molecule has 0 saturated heterocycles. The molecule has 2 atom stereocenters. The molecule has 0 radical (unpaired) electrons. The van der Waals surface area contributed by atoms with Crippen molar-refractivity contribution < 1.29 is 27.4 Å². The fourth-order valence-electron chi connectivity index (χ4n) is 1.71. The molecule has 0 spiro atoms. The summed E-state index contributed by atoms with van der Waals surface area (Å²) < 4.78 is 45.4. The van der Waals surface area contributed by atoms with Crippen LogP contribution in [0.25, 0.3) is 0 Å². The molecule has 1 saturated carbocycles. The van der Waals surface area contributed by atoms with Gasteiger partial charge in [-0.15, -0.1) is 0 Å². The summed E-state index contributed by atoms with van der Waals surface area (Å²) in [5, 5.41) is 0. The number of carbonyl (C=O) groups is 1. The molecule has 0 aromatic rings. The summed E-state index contributed by atoms with van der Waals surface area (Å²) in [6, 6.07) is 0. The topological polar surface area (TPSA) is 61.6 Å². The van der Waals surface area contributed by atoms with Crippen LogP contribution in [0.3, 0.4) is 0 Å². The van der Waals surface area contributed by atoms with Crippen molar-refractivity contribution in [3.05, 3.63) is 0 Å². The van der Waals surface area contributed by atoms with Crippen molar-refractivity contribution in [1.82, 2.24) is 0 Å². The van der Waals surface area contributed by atoms with Crippen LogP contribution < -0.4 is 5.73 Å². The number of nitrogens with two attached hydrogens (primary N) is 1. The molecule has 94 valence electrons. The number of alkyl halides is 3. The van der Waals surface area contributed by atoms with E-state index < -0.39 is 17.9 Å². The highest BCUT2D eigenvalue weighted by molar-refractivity contribution is 5.76. The van der Waals surface area contributed by atoms with Gasteiger partial charge in [0, 0.05) is 19.4 Å². The van der Waals surface area contributed by atoms with E-state index in [-0.39, 0.29) is 18.9 Å². The van der Waals surface area contributed by atoms with Gasteiger partial charge in [0.2, 0.25) is 0 Å². The van der Waals surface area contributed by atoms with E-state index in [1.165, 1.54) is 0 Å². The Kier molecular flexibility index (Phi) is 3.80. The molecular formula is C9H14F3NO3. The maximum Gasteiger partial charge on any atom is 0.490 e. The lowest BCUT2D eigenvalue weighted by atomic mass is 10.2. The zero-order valence-electron chi connectivity index (χ0n) is 8.84. The summed E-state index contributed by atoms with van der Waals surface area (Å²) in [5.41, 5.74) is 4.01. The van der Waals surface area contributed by atoms with E-state index in [0.29, 0.717) is 13.0 Å². The number of rotatable bonds is 3. The predicted octanol–water partition coefficient (Wildman–Crippen LogP) is 1.34. The second kappa shape index (κ2) is 4.58. The molecule has 0 aromatic heterocycles. The number of halogens is 3. The SMILES string of the molecule is CCO[C@@H]1CC[C@@](N)(OC(=O)C(F)(F)F)C1. The molecule has 1 rings (SSSR count). The van der Waals surface area contributed by atoms with E-state index in [1.54, 1.807) is 6.92 Å². The van der Waals surface area contributed by atoms with Crippen LogP contribution in [0.15, 0.2) is 0 Å². The van der Waals surface area contributed by atoms with Gasteiger partial charge in [0.05, 0.1) is 6.10 Å². The fourth-order valence-corrected chi connectivity index (χ4v) is 1.71. The molecule has 0 heterocycles. The molecule has 0 amide bonds. The summed E-state index contributed by atoms with van der Waals surface area (Å²) in [6.45, 7) is 2.23. The third-order valence-corrected chi connectivity index (χ3v) is 2.39. The molecule has 4 nitrogen and oxygen atoms in total. The summed E-state index contributed by atoms with van der Waals surface area (Å²) >= 11 is 0. The molecule has 16 heavy (non-hydrogen) atoms. The van der Waals surface area contributed by atoms with E-state index in [4.69, 9.17) is 10.5 Å². The van der Waals surface area contributed by atoms with Gasteiger partial charge in [-0.2, -0.15) is 13.2 Å². The number of hydrogen-bond donors (Lipinski definition) is 1. The molecular weight excluding hydrogens is 227 g/mol. The van der Waals surface area contributed by atoms with Crippen LogP contribution in [-0.4, -0.2) is 30.6 Å². The second-order valence-corrected chi connectivity index (χ2v) is 3.77. The third kappa shape index (κ3) is 3.34. The van der Waals surface area contributed by atoms with Crippen molar-refractivity contribution in [2.75, 3.05) is 6.61 Å². The highest BCUT2D eigenvalue weighted by Gasteiger charge is 2.48. The highest BCUT2D eigenvalue weighted by Crippen LogP contribution is 2.32. The van der Waals surface area contributed by atoms with Crippen LogP contribution in [0.2, 0.25) is 0 Å². The lowest BCUT2D eigenvalue weighted by Gasteiger charge is -2.24. The van der Waals surface area contributed by atoms with E-state index in [0.717, 1.165) is 0 Å². The monoisotopic (exact) mass is 241 g/mol. The standard InChI is InChI=1S/C9H14F3NO3/c1-2-15-6-3-4-8(13,5-6)16-7(14)9(10,11)12/h6H,2-5,13H2,1H3/t6-,8-/m1/s1. The predicted molar refractivity (Wildman–Crippen MR) is 48.3 cm³/mol. The van der Waals surface area contributed by atoms with E-state index in [2.05, 4.69) is 4.74 Å². The van der Waals surface area contributed by atoms with Gasteiger partial charge < -0.3 is 9.47 Å². The third-order valence-electron chi connectivity index (χ3n) is 2.39. The van der Waals surface area contributed by atoms with Crippen molar-refractivity contribution in [2.45, 2.75) is 44.2 Å². The zero-order chi connectivity index (χ0) is 12.4. The van der Waals surface area contributed by atoms with Crippen molar-refractivity contribution >= 4 is 5.97 Å². The Balaban J connectivity index is 2.52. The first kappa shape index (κ1) is 13.2.